The zero-order valence-corrected chi connectivity index (χ0v) is 16.0. The highest BCUT2D eigenvalue weighted by Crippen LogP contribution is 2.14. The summed E-state index contributed by atoms with van der Waals surface area (Å²) in [6.45, 7) is 6.66. The van der Waals surface area contributed by atoms with E-state index in [1.807, 2.05) is 16.7 Å². The van der Waals surface area contributed by atoms with Gasteiger partial charge in [-0.1, -0.05) is 29.8 Å². The number of nitriles is 1. The van der Waals surface area contributed by atoms with Crippen LogP contribution in [0.4, 0.5) is 5.95 Å². The summed E-state index contributed by atoms with van der Waals surface area (Å²) >= 11 is 0. The van der Waals surface area contributed by atoms with Crippen molar-refractivity contribution in [1.82, 2.24) is 14.9 Å². The molecule has 1 amide bonds. The van der Waals surface area contributed by atoms with Crippen molar-refractivity contribution < 1.29 is 4.79 Å². The van der Waals surface area contributed by atoms with Crippen LogP contribution < -0.4 is 4.90 Å². The van der Waals surface area contributed by atoms with Crippen LogP contribution in [0.3, 0.4) is 0 Å². The third-order valence-corrected chi connectivity index (χ3v) is 4.85. The van der Waals surface area contributed by atoms with E-state index in [0.717, 1.165) is 18.5 Å². The first-order chi connectivity index (χ1) is 13.0. The fourth-order valence-corrected chi connectivity index (χ4v) is 3.26. The van der Waals surface area contributed by atoms with Gasteiger partial charge >= 0.3 is 0 Å². The summed E-state index contributed by atoms with van der Waals surface area (Å²) < 4.78 is 0. The normalized spacial score (nSPS) is 14.1. The molecular formula is C21H25N5O. The SMILES string of the molecule is Cc1ccc(CCCC(=O)N2CCN(c3nc(C)cc(C#N)n3)CC2)cc1. The number of carbonyl (C=O) groups is 1. The van der Waals surface area contributed by atoms with Gasteiger partial charge in [0, 0.05) is 38.3 Å². The van der Waals surface area contributed by atoms with Gasteiger partial charge in [-0.05, 0) is 38.3 Å². The molecule has 0 unspecified atom stereocenters. The molecule has 3 rings (SSSR count). The van der Waals surface area contributed by atoms with Gasteiger partial charge in [0.1, 0.15) is 11.8 Å². The van der Waals surface area contributed by atoms with E-state index in [2.05, 4.69) is 47.2 Å². The first kappa shape index (κ1) is 18.8. The van der Waals surface area contributed by atoms with Crippen LogP contribution in [-0.4, -0.2) is 47.0 Å². The third kappa shape index (κ3) is 5.04. The Balaban J connectivity index is 1.47. The Morgan fingerprint density at radius 1 is 1.11 bits per heavy atom. The number of piperazine rings is 1. The summed E-state index contributed by atoms with van der Waals surface area (Å²) in [5, 5.41) is 9.07. The number of aromatic nitrogens is 2. The Kier molecular flexibility index (Phi) is 6.02. The van der Waals surface area contributed by atoms with Crippen LogP contribution in [0, 0.1) is 25.2 Å². The van der Waals surface area contributed by atoms with Gasteiger partial charge in [0.2, 0.25) is 11.9 Å². The molecule has 1 aliphatic rings. The van der Waals surface area contributed by atoms with Crippen molar-refractivity contribution in [3.8, 4) is 6.07 Å². The lowest BCUT2D eigenvalue weighted by atomic mass is 10.1. The summed E-state index contributed by atoms with van der Waals surface area (Å²) in [5.41, 5.74) is 3.70. The molecule has 0 atom stereocenters. The van der Waals surface area contributed by atoms with E-state index in [0.29, 0.717) is 44.2 Å². The van der Waals surface area contributed by atoms with E-state index in [-0.39, 0.29) is 5.91 Å². The van der Waals surface area contributed by atoms with Crippen LogP contribution in [0.1, 0.15) is 35.4 Å². The summed E-state index contributed by atoms with van der Waals surface area (Å²) in [6, 6.07) is 12.2. The number of anilines is 1. The molecule has 1 fully saturated rings. The van der Waals surface area contributed by atoms with Crippen LogP contribution in [0.25, 0.3) is 0 Å². The second-order valence-electron chi connectivity index (χ2n) is 7.01. The quantitative estimate of drug-likeness (QED) is 0.816. The fraction of sp³-hybridized carbons (Fsp3) is 0.429. The van der Waals surface area contributed by atoms with E-state index < -0.39 is 0 Å². The van der Waals surface area contributed by atoms with Gasteiger partial charge < -0.3 is 9.80 Å². The number of benzene rings is 1. The molecule has 1 aromatic heterocycles. The summed E-state index contributed by atoms with van der Waals surface area (Å²) in [4.78, 5) is 25.2. The highest BCUT2D eigenvalue weighted by Gasteiger charge is 2.22. The molecule has 2 aromatic rings. The molecule has 2 heterocycles. The minimum absolute atomic E-state index is 0.213. The Bertz CT molecular complexity index is 833. The van der Waals surface area contributed by atoms with Crippen molar-refractivity contribution in [2.24, 2.45) is 0 Å². The molecule has 6 nitrogen and oxygen atoms in total. The molecule has 1 aliphatic heterocycles. The van der Waals surface area contributed by atoms with Gasteiger partial charge in [-0.3, -0.25) is 4.79 Å². The molecule has 0 radical (unpaired) electrons. The van der Waals surface area contributed by atoms with E-state index in [9.17, 15) is 4.79 Å². The maximum absolute atomic E-state index is 12.5. The van der Waals surface area contributed by atoms with Crippen molar-refractivity contribution in [3.05, 3.63) is 52.8 Å². The Morgan fingerprint density at radius 3 is 2.48 bits per heavy atom. The molecule has 0 bridgehead atoms. The van der Waals surface area contributed by atoms with Crippen molar-refractivity contribution in [1.29, 1.82) is 5.26 Å². The van der Waals surface area contributed by atoms with Gasteiger partial charge in [-0.2, -0.15) is 5.26 Å². The van der Waals surface area contributed by atoms with Gasteiger partial charge in [0.15, 0.2) is 0 Å². The lowest BCUT2D eigenvalue weighted by Gasteiger charge is -2.35. The lowest BCUT2D eigenvalue weighted by molar-refractivity contribution is -0.131. The highest BCUT2D eigenvalue weighted by atomic mass is 16.2. The number of hydrogen-bond donors (Lipinski definition) is 0. The topological polar surface area (TPSA) is 73.1 Å². The standard InChI is InChI=1S/C21H25N5O/c1-16-6-8-18(9-7-16)4-3-5-20(27)25-10-12-26(13-11-25)21-23-17(2)14-19(15-22)24-21/h6-9,14H,3-5,10-13H2,1-2H3. The van der Waals surface area contributed by atoms with E-state index >= 15 is 0 Å². The van der Waals surface area contributed by atoms with Crippen LogP contribution in [0.2, 0.25) is 0 Å². The van der Waals surface area contributed by atoms with Gasteiger partial charge in [-0.25, -0.2) is 9.97 Å². The predicted octanol–water partition coefficient (Wildman–Crippen LogP) is 2.64. The smallest absolute Gasteiger partial charge is 0.226 e. The second kappa shape index (κ2) is 8.63. The molecule has 140 valence electrons. The van der Waals surface area contributed by atoms with Crippen molar-refractivity contribution in [2.45, 2.75) is 33.1 Å². The Morgan fingerprint density at radius 2 is 1.81 bits per heavy atom. The zero-order valence-electron chi connectivity index (χ0n) is 16.0. The van der Waals surface area contributed by atoms with E-state index in [1.165, 1.54) is 11.1 Å². The maximum Gasteiger partial charge on any atom is 0.226 e. The summed E-state index contributed by atoms with van der Waals surface area (Å²) in [7, 11) is 0. The highest BCUT2D eigenvalue weighted by molar-refractivity contribution is 5.76. The number of rotatable bonds is 5. The average molecular weight is 363 g/mol. The summed E-state index contributed by atoms with van der Waals surface area (Å²) in [5.74, 6) is 0.794. The molecule has 0 aliphatic carbocycles. The molecule has 1 saturated heterocycles. The van der Waals surface area contributed by atoms with Gasteiger partial charge in [0.05, 0.1) is 0 Å². The van der Waals surface area contributed by atoms with Crippen LogP contribution in [0.5, 0.6) is 0 Å². The van der Waals surface area contributed by atoms with Crippen molar-refractivity contribution in [2.75, 3.05) is 31.1 Å². The van der Waals surface area contributed by atoms with Crippen LogP contribution in [0.15, 0.2) is 30.3 Å². The Labute approximate surface area is 160 Å². The molecular weight excluding hydrogens is 338 g/mol. The van der Waals surface area contributed by atoms with Crippen molar-refractivity contribution >= 4 is 11.9 Å². The summed E-state index contributed by atoms with van der Waals surface area (Å²) in [6.07, 6.45) is 2.38. The fourth-order valence-electron chi connectivity index (χ4n) is 3.26. The molecule has 6 heteroatoms. The molecule has 1 aromatic carbocycles. The average Bonchev–Trinajstić information content (AvgIpc) is 2.69. The minimum atomic E-state index is 0.213. The van der Waals surface area contributed by atoms with E-state index in [1.54, 1.807) is 6.07 Å². The number of aryl methyl sites for hydroxylation is 3. The molecule has 0 N–H and O–H groups in total. The zero-order chi connectivity index (χ0) is 19.2. The predicted molar refractivity (Wildman–Crippen MR) is 104 cm³/mol. The van der Waals surface area contributed by atoms with Gasteiger partial charge in [0.25, 0.3) is 0 Å². The lowest BCUT2D eigenvalue weighted by Crippen LogP contribution is -2.49. The molecule has 0 saturated carbocycles. The van der Waals surface area contributed by atoms with Gasteiger partial charge in [-0.15, -0.1) is 0 Å². The maximum atomic E-state index is 12.5. The largest absolute Gasteiger partial charge is 0.339 e. The second-order valence-corrected chi connectivity index (χ2v) is 7.01. The first-order valence-electron chi connectivity index (χ1n) is 9.39. The number of nitrogens with zero attached hydrogens (tertiary/aromatic N) is 5. The van der Waals surface area contributed by atoms with Crippen LogP contribution in [-0.2, 0) is 11.2 Å². The number of hydrogen-bond acceptors (Lipinski definition) is 5. The Hall–Kier alpha value is -2.94. The monoisotopic (exact) mass is 363 g/mol. The third-order valence-electron chi connectivity index (χ3n) is 4.85. The van der Waals surface area contributed by atoms with Crippen molar-refractivity contribution in [3.63, 3.8) is 0 Å². The first-order valence-corrected chi connectivity index (χ1v) is 9.39. The van der Waals surface area contributed by atoms with Crippen LogP contribution >= 0.6 is 0 Å². The molecule has 0 spiro atoms. The minimum Gasteiger partial charge on any atom is -0.339 e. The molecule has 27 heavy (non-hydrogen) atoms. The number of carbonyl (C=O) groups excluding carboxylic acids is 1. The van der Waals surface area contributed by atoms with E-state index in [4.69, 9.17) is 5.26 Å². The number of amides is 1.